The quantitative estimate of drug-likeness (QED) is 0.391. The number of hydroxylamine groups is 1. The van der Waals surface area contributed by atoms with Crippen molar-refractivity contribution in [3.8, 4) is 0 Å². The highest BCUT2D eigenvalue weighted by Crippen LogP contribution is 2.36. The Morgan fingerprint density at radius 1 is 1.16 bits per heavy atom. The van der Waals surface area contributed by atoms with E-state index in [-0.39, 0.29) is 12.3 Å². The number of hydrogen-bond donors (Lipinski definition) is 4. The molecule has 13 heteroatoms. The molecular formula is C19H22N10O3. The number of nitrogens with one attached hydrogen (secondary N) is 4. The molecule has 0 spiro atoms. The van der Waals surface area contributed by atoms with E-state index >= 15 is 0 Å². The van der Waals surface area contributed by atoms with Gasteiger partial charge in [0.15, 0.2) is 11.5 Å². The number of carbonyl (C=O) groups excluding carboxylic acids is 2. The van der Waals surface area contributed by atoms with E-state index in [2.05, 4.69) is 46.7 Å². The predicted octanol–water partition coefficient (Wildman–Crippen LogP) is -0.124. The Bertz CT molecular complexity index is 1190. The first-order valence-electron chi connectivity index (χ1n) is 9.85. The highest BCUT2D eigenvalue weighted by Gasteiger charge is 2.44. The number of rotatable bonds is 7. The van der Waals surface area contributed by atoms with E-state index in [1.54, 1.807) is 23.2 Å². The average molecular weight is 438 g/mol. The number of likely N-dealkylation sites (N-methyl/N-ethyl adjacent to an activating group) is 1. The van der Waals surface area contributed by atoms with Gasteiger partial charge in [0.05, 0.1) is 35.6 Å². The average Bonchev–Trinajstić information content (AvgIpc) is 3.44. The van der Waals surface area contributed by atoms with Crippen molar-refractivity contribution in [2.24, 2.45) is 0 Å². The highest BCUT2D eigenvalue weighted by atomic mass is 16.7. The van der Waals surface area contributed by atoms with E-state index < -0.39 is 11.5 Å². The molecule has 13 nitrogen and oxygen atoms in total. The Labute approximate surface area is 182 Å². The zero-order valence-electron chi connectivity index (χ0n) is 17.7. The summed E-state index contributed by atoms with van der Waals surface area (Å²) < 4.78 is 1.76. The first-order valence-corrected chi connectivity index (χ1v) is 9.85. The molecule has 4 rings (SSSR count). The number of anilines is 2. The number of hydrogen-bond acceptors (Lipinski definition) is 10. The van der Waals surface area contributed by atoms with Gasteiger partial charge >= 0.3 is 0 Å². The number of aryl methyl sites for hydroxylation is 1. The number of amides is 2. The summed E-state index contributed by atoms with van der Waals surface area (Å²) in [5.41, 5.74) is 3.61. The number of pyridine rings is 1. The molecule has 0 bridgehead atoms. The lowest BCUT2D eigenvalue weighted by molar-refractivity contribution is -0.148. The maximum atomic E-state index is 12.6. The molecule has 2 amide bonds. The molecule has 1 unspecified atom stereocenters. The fraction of sp³-hybridized carbons (Fsp3) is 0.316. The molecule has 1 aliphatic rings. The van der Waals surface area contributed by atoms with Crippen molar-refractivity contribution < 1.29 is 14.4 Å². The predicted molar refractivity (Wildman–Crippen MR) is 114 cm³/mol. The minimum atomic E-state index is -1.53. The molecular weight excluding hydrogens is 416 g/mol. The number of fused-ring (bicyclic) bond motifs is 1. The zero-order chi connectivity index (χ0) is 22.7. The standard InChI is InChI=1S/C19H22N10O3/c1-4-29-17-12(8-26-29)16(27-14-9-24-25-10-23-14)11(7-22-17)13-5-19(32-28-13,18(31)21-3)6-15(30)20-2/h5,7-10,28H,4,6H2,1-3H3,(H,20,30)(H,21,31)(H,22,23,25,27). The van der Waals surface area contributed by atoms with Gasteiger partial charge in [-0.1, -0.05) is 0 Å². The maximum Gasteiger partial charge on any atom is 0.259 e. The second kappa shape index (κ2) is 8.55. The van der Waals surface area contributed by atoms with E-state index in [1.807, 2.05) is 6.92 Å². The van der Waals surface area contributed by atoms with Gasteiger partial charge in [-0.3, -0.25) is 19.9 Å². The van der Waals surface area contributed by atoms with Gasteiger partial charge in [0, 0.05) is 32.4 Å². The van der Waals surface area contributed by atoms with Gasteiger partial charge in [0.1, 0.15) is 6.33 Å². The number of aromatic nitrogens is 6. The monoisotopic (exact) mass is 438 g/mol. The zero-order valence-corrected chi connectivity index (χ0v) is 17.7. The SMILES string of the molecule is CCn1ncc2c(Nc3cnncn3)c(C3=CC(CC(=O)NC)(C(=O)NC)ON3)cnc21. The molecule has 3 aromatic rings. The summed E-state index contributed by atoms with van der Waals surface area (Å²) in [6.45, 7) is 2.61. The van der Waals surface area contributed by atoms with Crippen LogP contribution in [0.25, 0.3) is 16.7 Å². The first kappa shape index (κ1) is 21.1. The summed E-state index contributed by atoms with van der Waals surface area (Å²) in [6.07, 6.45) is 7.49. The molecule has 4 heterocycles. The van der Waals surface area contributed by atoms with E-state index in [1.165, 1.54) is 26.6 Å². The van der Waals surface area contributed by atoms with Gasteiger partial charge in [0.25, 0.3) is 5.91 Å². The molecule has 1 aliphatic heterocycles. The van der Waals surface area contributed by atoms with Crippen LogP contribution >= 0.6 is 0 Å². The minimum absolute atomic E-state index is 0.207. The van der Waals surface area contributed by atoms with Crippen molar-refractivity contribution in [2.45, 2.75) is 25.5 Å². The third-order valence-corrected chi connectivity index (χ3v) is 5.04. The molecule has 166 valence electrons. The summed E-state index contributed by atoms with van der Waals surface area (Å²) in [5.74, 6) is -0.359. The van der Waals surface area contributed by atoms with Crippen LogP contribution in [0.15, 0.2) is 31.0 Å². The first-order chi connectivity index (χ1) is 15.5. The van der Waals surface area contributed by atoms with Crippen LogP contribution in [0.3, 0.4) is 0 Å². The van der Waals surface area contributed by atoms with Gasteiger partial charge in [-0.05, 0) is 13.0 Å². The van der Waals surface area contributed by atoms with Gasteiger partial charge in [-0.2, -0.15) is 10.2 Å². The topological polar surface area (TPSA) is 161 Å². The van der Waals surface area contributed by atoms with Crippen molar-refractivity contribution in [2.75, 3.05) is 19.4 Å². The van der Waals surface area contributed by atoms with Crippen molar-refractivity contribution >= 4 is 40.1 Å². The Balaban J connectivity index is 1.84. The van der Waals surface area contributed by atoms with Gasteiger partial charge in [0.2, 0.25) is 11.5 Å². The fourth-order valence-corrected chi connectivity index (χ4v) is 3.42. The van der Waals surface area contributed by atoms with E-state index in [0.717, 1.165) is 5.39 Å². The third-order valence-electron chi connectivity index (χ3n) is 5.04. The molecule has 0 saturated heterocycles. The summed E-state index contributed by atoms with van der Waals surface area (Å²) in [5, 5.41) is 20.9. The van der Waals surface area contributed by atoms with Crippen LogP contribution in [-0.4, -0.2) is 61.5 Å². The van der Waals surface area contributed by atoms with E-state index in [0.29, 0.717) is 35.0 Å². The summed E-state index contributed by atoms with van der Waals surface area (Å²) in [6, 6.07) is 0. The fourth-order valence-electron chi connectivity index (χ4n) is 3.42. The van der Waals surface area contributed by atoms with Crippen molar-refractivity contribution in [1.29, 1.82) is 0 Å². The van der Waals surface area contributed by atoms with Crippen molar-refractivity contribution in [3.05, 3.63) is 36.6 Å². The third kappa shape index (κ3) is 3.69. The molecule has 3 aromatic heterocycles. The van der Waals surface area contributed by atoms with Crippen LogP contribution in [0, 0.1) is 0 Å². The molecule has 0 fully saturated rings. The van der Waals surface area contributed by atoms with Crippen LogP contribution in [0.1, 0.15) is 18.9 Å². The Hall–Kier alpha value is -4.13. The minimum Gasteiger partial charge on any atom is -0.359 e. The maximum absolute atomic E-state index is 12.6. The van der Waals surface area contributed by atoms with Crippen LogP contribution in [0.4, 0.5) is 11.5 Å². The highest BCUT2D eigenvalue weighted by molar-refractivity contribution is 6.00. The molecule has 0 radical (unpaired) electrons. The van der Waals surface area contributed by atoms with Gasteiger partial charge in [-0.15, -0.1) is 5.10 Å². The molecule has 32 heavy (non-hydrogen) atoms. The summed E-state index contributed by atoms with van der Waals surface area (Å²) in [7, 11) is 2.97. The van der Waals surface area contributed by atoms with Crippen LogP contribution in [-0.2, 0) is 21.0 Å². The number of carbonyl (C=O) groups is 2. The van der Waals surface area contributed by atoms with Crippen molar-refractivity contribution in [3.63, 3.8) is 0 Å². The Morgan fingerprint density at radius 2 is 2.00 bits per heavy atom. The lowest BCUT2D eigenvalue weighted by atomic mass is 9.95. The van der Waals surface area contributed by atoms with Gasteiger partial charge in [-0.25, -0.2) is 14.6 Å². The molecule has 0 aliphatic carbocycles. The van der Waals surface area contributed by atoms with Crippen molar-refractivity contribution in [1.82, 2.24) is 46.1 Å². The van der Waals surface area contributed by atoms with E-state index in [4.69, 9.17) is 4.84 Å². The smallest absolute Gasteiger partial charge is 0.259 e. The summed E-state index contributed by atoms with van der Waals surface area (Å²) in [4.78, 5) is 39.1. The second-order valence-corrected chi connectivity index (χ2v) is 6.94. The van der Waals surface area contributed by atoms with Crippen LogP contribution in [0.5, 0.6) is 0 Å². The van der Waals surface area contributed by atoms with Gasteiger partial charge < -0.3 is 16.0 Å². The largest absolute Gasteiger partial charge is 0.359 e. The molecule has 0 saturated carbocycles. The molecule has 1 atom stereocenters. The lowest BCUT2D eigenvalue weighted by Gasteiger charge is -2.22. The van der Waals surface area contributed by atoms with Crippen LogP contribution < -0.4 is 21.4 Å². The second-order valence-electron chi connectivity index (χ2n) is 6.94. The normalized spacial score (nSPS) is 17.5. The Kier molecular flexibility index (Phi) is 5.64. The van der Waals surface area contributed by atoms with Crippen LogP contribution in [0.2, 0.25) is 0 Å². The summed E-state index contributed by atoms with van der Waals surface area (Å²) >= 11 is 0. The van der Waals surface area contributed by atoms with E-state index in [9.17, 15) is 9.59 Å². The molecule has 4 N–H and O–H groups in total. The Morgan fingerprint density at radius 3 is 2.69 bits per heavy atom. The molecule has 0 aromatic carbocycles. The lowest BCUT2D eigenvalue weighted by Crippen LogP contribution is -2.48. The number of nitrogens with zero attached hydrogens (tertiary/aromatic N) is 6.